The lowest BCUT2D eigenvalue weighted by molar-refractivity contribution is -0.121. The van der Waals surface area contributed by atoms with Crippen LogP contribution in [0.4, 0.5) is 4.39 Å². The van der Waals surface area contributed by atoms with Gasteiger partial charge in [-0.2, -0.15) is 5.10 Å². The summed E-state index contributed by atoms with van der Waals surface area (Å²) in [6, 6.07) is 13.9. The van der Waals surface area contributed by atoms with Crippen LogP contribution in [0.3, 0.4) is 0 Å². The third-order valence-electron chi connectivity index (χ3n) is 4.87. The minimum atomic E-state index is -0.322. The monoisotopic (exact) mass is 409 g/mol. The average molecular weight is 410 g/mol. The molecule has 3 aromatic rings. The summed E-state index contributed by atoms with van der Waals surface area (Å²) in [6.07, 6.45) is 3.72. The minimum Gasteiger partial charge on any atom is -0.497 e. The number of hydrogen-bond donors (Lipinski definition) is 1. The Labute approximate surface area is 176 Å². The van der Waals surface area contributed by atoms with Gasteiger partial charge < -0.3 is 10.1 Å². The molecule has 0 atom stereocenters. The molecule has 0 radical (unpaired) electrons. The highest BCUT2D eigenvalue weighted by Crippen LogP contribution is 2.28. The first-order valence-corrected chi connectivity index (χ1v) is 10.2. The zero-order valence-corrected chi connectivity index (χ0v) is 17.7. The molecule has 30 heavy (non-hydrogen) atoms. The molecule has 0 aliphatic carbocycles. The minimum absolute atomic E-state index is 0.0192. The van der Waals surface area contributed by atoms with E-state index >= 15 is 0 Å². The Balaban J connectivity index is 1.85. The number of carbonyl (C=O) groups excluding carboxylic acids is 1. The highest BCUT2D eigenvalue weighted by atomic mass is 19.1. The number of methoxy groups -OCH3 is 1. The van der Waals surface area contributed by atoms with Gasteiger partial charge in [0.25, 0.3) is 0 Å². The highest BCUT2D eigenvalue weighted by molar-refractivity contribution is 5.76. The summed E-state index contributed by atoms with van der Waals surface area (Å²) in [5, 5.41) is 7.67. The number of rotatable bonds is 9. The van der Waals surface area contributed by atoms with Crippen molar-refractivity contribution < 1.29 is 13.9 Å². The Morgan fingerprint density at radius 2 is 2.00 bits per heavy atom. The van der Waals surface area contributed by atoms with Gasteiger partial charge in [-0.25, -0.2) is 9.07 Å². The molecular weight excluding hydrogens is 381 g/mol. The second-order valence-electron chi connectivity index (χ2n) is 7.69. The predicted octanol–water partition coefficient (Wildman–Crippen LogP) is 4.78. The standard InChI is InChI=1S/C24H28FN3O2/c1-17(2)12-13-26-23(29)11-10-19-16-28(21-8-5-7-20(25)15-21)27-24(19)18-6-4-9-22(14-18)30-3/h4-9,14-17H,10-13H2,1-3H3,(H,26,29). The van der Waals surface area contributed by atoms with Crippen LogP contribution in [0.5, 0.6) is 5.75 Å². The van der Waals surface area contributed by atoms with Gasteiger partial charge in [-0.1, -0.05) is 32.0 Å². The molecule has 1 amide bonds. The fourth-order valence-corrected chi connectivity index (χ4v) is 3.19. The molecule has 0 spiro atoms. The zero-order valence-electron chi connectivity index (χ0n) is 17.7. The van der Waals surface area contributed by atoms with Crippen molar-refractivity contribution in [2.24, 2.45) is 5.92 Å². The third kappa shape index (κ3) is 5.69. The molecule has 0 aliphatic heterocycles. The van der Waals surface area contributed by atoms with E-state index in [2.05, 4.69) is 19.2 Å². The quantitative estimate of drug-likeness (QED) is 0.553. The summed E-state index contributed by atoms with van der Waals surface area (Å²) < 4.78 is 20.7. The van der Waals surface area contributed by atoms with Gasteiger partial charge in [0.05, 0.1) is 18.5 Å². The molecule has 0 aliphatic rings. The molecule has 0 saturated heterocycles. The summed E-state index contributed by atoms with van der Waals surface area (Å²) in [5.74, 6) is 0.974. The summed E-state index contributed by atoms with van der Waals surface area (Å²) in [6.45, 7) is 4.95. The second-order valence-corrected chi connectivity index (χ2v) is 7.69. The van der Waals surface area contributed by atoms with Crippen molar-refractivity contribution in [3.63, 3.8) is 0 Å². The second kappa shape index (κ2) is 10.1. The Kier molecular flexibility index (Phi) is 7.22. The third-order valence-corrected chi connectivity index (χ3v) is 4.87. The molecule has 1 N–H and O–H groups in total. The van der Waals surface area contributed by atoms with Gasteiger partial charge in [0.1, 0.15) is 11.6 Å². The van der Waals surface area contributed by atoms with Crippen molar-refractivity contribution in [2.45, 2.75) is 33.1 Å². The van der Waals surface area contributed by atoms with Gasteiger partial charge in [0, 0.05) is 24.7 Å². The van der Waals surface area contributed by atoms with Crippen LogP contribution < -0.4 is 10.1 Å². The SMILES string of the molecule is COc1cccc(-c2nn(-c3cccc(F)c3)cc2CCC(=O)NCCC(C)C)c1. The number of aromatic nitrogens is 2. The van der Waals surface area contributed by atoms with E-state index in [1.54, 1.807) is 23.9 Å². The summed E-state index contributed by atoms with van der Waals surface area (Å²) in [4.78, 5) is 12.3. The topological polar surface area (TPSA) is 56.2 Å². The van der Waals surface area contributed by atoms with Crippen LogP contribution in [-0.4, -0.2) is 29.3 Å². The van der Waals surface area contributed by atoms with Crippen LogP contribution in [0.15, 0.2) is 54.7 Å². The number of ether oxygens (including phenoxy) is 1. The fraction of sp³-hybridized carbons (Fsp3) is 0.333. The maximum absolute atomic E-state index is 13.7. The number of halogens is 1. The normalized spacial score (nSPS) is 11.0. The molecular formula is C24H28FN3O2. The lowest BCUT2D eigenvalue weighted by Gasteiger charge is -2.07. The molecule has 1 aromatic heterocycles. The van der Waals surface area contributed by atoms with Crippen molar-refractivity contribution in [3.05, 3.63) is 66.1 Å². The number of hydrogen-bond acceptors (Lipinski definition) is 3. The van der Waals surface area contributed by atoms with Gasteiger partial charge in [-0.05, 0) is 54.7 Å². The molecule has 2 aromatic carbocycles. The first kappa shape index (κ1) is 21.6. The van der Waals surface area contributed by atoms with Gasteiger partial charge >= 0.3 is 0 Å². The van der Waals surface area contributed by atoms with E-state index < -0.39 is 0 Å². The van der Waals surface area contributed by atoms with Gasteiger partial charge in [0.2, 0.25) is 5.91 Å². The first-order chi connectivity index (χ1) is 14.5. The molecule has 0 fully saturated rings. The number of nitrogens with one attached hydrogen (secondary N) is 1. The smallest absolute Gasteiger partial charge is 0.220 e. The molecule has 1 heterocycles. The lowest BCUT2D eigenvalue weighted by Crippen LogP contribution is -2.25. The molecule has 5 nitrogen and oxygen atoms in total. The van der Waals surface area contributed by atoms with E-state index in [0.717, 1.165) is 29.0 Å². The van der Waals surface area contributed by atoms with Gasteiger partial charge in [-0.3, -0.25) is 4.79 Å². The van der Waals surface area contributed by atoms with Crippen molar-refractivity contribution >= 4 is 5.91 Å². The maximum atomic E-state index is 13.7. The summed E-state index contributed by atoms with van der Waals surface area (Å²) in [5.41, 5.74) is 3.20. The number of benzene rings is 2. The summed E-state index contributed by atoms with van der Waals surface area (Å²) in [7, 11) is 1.62. The Hall–Kier alpha value is -3.15. The van der Waals surface area contributed by atoms with Crippen LogP contribution in [0.2, 0.25) is 0 Å². The Bertz CT molecular complexity index is 998. The van der Waals surface area contributed by atoms with Gasteiger partial charge in [0.15, 0.2) is 0 Å². The van der Waals surface area contributed by atoms with Crippen molar-refractivity contribution in [3.8, 4) is 22.7 Å². The van der Waals surface area contributed by atoms with Crippen molar-refractivity contribution in [1.29, 1.82) is 0 Å². The van der Waals surface area contributed by atoms with E-state index in [1.807, 2.05) is 30.5 Å². The summed E-state index contributed by atoms with van der Waals surface area (Å²) >= 11 is 0. The van der Waals surface area contributed by atoms with Crippen LogP contribution in [0.25, 0.3) is 16.9 Å². The van der Waals surface area contributed by atoms with Gasteiger partial charge in [-0.15, -0.1) is 0 Å². The number of carbonyl (C=O) groups is 1. The van der Waals surface area contributed by atoms with E-state index in [0.29, 0.717) is 31.0 Å². The maximum Gasteiger partial charge on any atom is 0.220 e. The molecule has 158 valence electrons. The number of aryl methyl sites for hydroxylation is 1. The van der Waals surface area contributed by atoms with E-state index in [4.69, 9.17) is 9.84 Å². The number of nitrogens with zero attached hydrogens (tertiary/aromatic N) is 2. The average Bonchev–Trinajstić information content (AvgIpc) is 3.16. The lowest BCUT2D eigenvalue weighted by atomic mass is 10.0. The van der Waals surface area contributed by atoms with Crippen LogP contribution in [0, 0.1) is 11.7 Å². The van der Waals surface area contributed by atoms with Crippen LogP contribution >= 0.6 is 0 Å². The largest absolute Gasteiger partial charge is 0.497 e. The molecule has 0 bridgehead atoms. The molecule has 0 unspecified atom stereocenters. The number of amides is 1. The first-order valence-electron chi connectivity index (χ1n) is 10.2. The van der Waals surface area contributed by atoms with E-state index in [-0.39, 0.29) is 11.7 Å². The fourth-order valence-electron chi connectivity index (χ4n) is 3.19. The zero-order chi connectivity index (χ0) is 21.5. The van der Waals surface area contributed by atoms with E-state index in [9.17, 15) is 9.18 Å². The highest BCUT2D eigenvalue weighted by Gasteiger charge is 2.15. The van der Waals surface area contributed by atoms with Crippen molar-refractivity contribution in [2.75, 3.05) is 13.7 Å². The molecule has 3 rings (SSSR count). The van der Waals surface area contributed by atoms with Crippen molar-refractivity contribution in [1.82, 2.24) is 15.1 Å². The Morgan fingerprint density at radius 1 is 1.20 bits per heavy atom. The van der Waals surface area contributed by atoms with Crippen LogP contribution in [0.1, 0.15) is 32.3 Å². The van der Waals surface area contributed by atoms with E-state index in [1.165, 1.54) is 12.1 Å². The predicted molar refractivity (Wildman–Crippen MR) is 116 cm³/mol. The Morgan fingerprint density at radius 3 is 2.73 bits per heavy atom. The molecule has 0 saturated carbocycles. The van der Waals surface area contributed by atoms with Crippen LogP contribution in [-0.2, 0) is 11.2 Å². The molecule has 6 heteroatoms.